The minimum atomic E-state index is 0.493. The summed E-state index contributed by atoms with van der Waals surface area (Å²) in [5.74, 6) is 1.19. The van der Waals surface area contributed by atoms with Crippen LogP contribution in [0.1, 0.15) is 0 Å². The van der Waals surface area contributed by atoms with E-state index in [1.165, 1.54) is 6.33 Å². The number of pyridine rings is 1. The zero-order valence-electron chi connectivity index (χ0n) is 9.25. The van der Waals surface area contributed by atoms with Crippen molar-refractivity contribution >= 4 is 26.8 Å². The largest absolute Gasteiger partial charge is 0.439 e. The van der Waals surface area contributed by atoms with Gasteiger partial charge in [-0.15, -0.1) is 0 Å². The Hall–Kier alpha value is -2.01. The van der Waals surface area contributed by atoms with E-state index in [-0.39, 0.29) is 0 Å². The van der Waals surface area contributed by atoms with Gasteiger partial charge in [0.05, 0.1) is 5.52 Å². The van der Waals surface area contributed by atoms with Crippen molar-refractivity contribution in [3.8, 4) is 11.6 Å². The van der Waals surface area contributed by atoms with Crippen molar-refractivity contribution in [2.75, 3.05) is 0 Å². The van der Waals surface area contributed by atoms with E-state index in [1.54, 1.807) is 12.3 Å². The van der Waals surface area contributed by atoms with Gasteiger partial charge in [0, 0.05) is 23.7 Å². The fourth-order valence-corrected chi connectivity index (χ4v) is 1.89. The molecule has 3 rings (SSSR count). The molecule has 0 aliphatic heterocycles. The summed E-state index contributed by atoms with van der Waals surface area (Å²) in [5, 5.41) is 1.08. The maximum absolute atomic E-state index is 5.65. The van der Waals surface area contributed by atoms with Crippen LogP contribution in [-0.2, 0) is 0 Å². The second kappa shape index (κ2) is 4.70. The average Bonchev–Trinajstić information content (AvgIpc) is 2.39. The Balaban J connectivity index is 1.95. The molecule has 0 spiro atoms. The fourth-order valence-electron chi connectivity index (χ4n) is 1.60. The Morgan fingerprint density at radius 1 is 1.00 bits per heavy atom. The maximum Gasteiger partial charge on any atom is 0.223 e. The van der Waals surface area contributed by atoms with Crippen LogP contribution in [0.2, 0.25) is 0 Å². The number of rotatable bonds is 2. The number of ether oxygens (including phenoxy) is 1. The molecule has 2 heterocycles. The number of hydrogen-bond donors (Lipinski definition) is 0. The molecule has 0 aliphatic rings. The van der Waals surface area contributed by atoms with Gasteiger partial charge in [-0.25, -0.2) is 9.97 Å². The van der Waals surface area contributed by atoms with E-state index in [2.05, 4.69) is 30.9 Å². The lowest BCUT2D eigenvalue weighted by Crippen LogP contribution is -1.89. The molecule has 0 fully saturated rings. The molecule has 2 aromatic heterocycles. The minimum absolute atomic E-state index is 0.493. The van der Waals surface area contributed by atoms with E-state index in [0.29, 0.717) is 16.2 Å². The van der Waals surface area contributed by atoms with Gasteiger partial charge in [-0.2, -0.15) is 0 Å². The summed E-state index contributed by atoms with van der Waals surface area (Å²) < 4.78 is 6.33. The Kier molecular flexibility index (Phi) is 2.90. The molecule has 0 unspecified atom stereocenters. The molecule has 0 bridgehead atoms. The van der Waals surface area contributed by atoms with Crippen LogP contribution in [0.15, 0.2) is 53.5 Å². The lowest BCUT2D eigenvalue weighted by atomic mass is 10.2. The van der Waals surface area contributed by atoms with Gasteiger partial charge < -0.3 is 4.74 Å². The molecule has 88 valence electrons. The minimum Gasteiger partial charge on any atom is -0.439 e. The number of fused-ring (bicyclic) bond motifs is 1. The van der Waals surface area contributed by atoms with E-state index in [9.17, 15) is 0 Å². The SMILES string of the molecule is Brc1cc(Oc2ccc3cccnc3c2)ncn1. The van der Waals surface area contributed by atoms with Gasteiger partial charge in [0.25, 0.3) is 0 Å². The van der Waals surface area contributed by atoms with E-state index >= 15 is 0 Å². The first kappa shape index (κ1) is 11.1. The van der Waals surface area contributed by atoms with Crippen LogP contribution in [-0.4, -0.2) is 15.0 Å². The highest BCUT2D eigenvalue weighted by Gasteiger charge is 2.01. The normalized spacial score (nSPS) is 10.5. The zero-order chi connectivity index (χ0) is 12.4. The number of nitrogens with zero attached hydrogens (tertiary/aromatic N) is 3. The number of aromatic nitrogens is 3. The van der Waals surface area contributed by atoms with Gasteiger partial charge in [-0.3, -0.25) is 4.98 Å². The predicted molar refractivity (Wildman–Crippen MR) is 71.5 cm³/mol. The van der Waals surface area contributed by atoms with E-state index < -0.39 is 0 Å². The second-order valence-electron chi connectivity index (χ2n) is 3.64. The molecule has 5 heteroatoms. The summed E-state index contributed by atoms with van der Waals surface area (Å²) in [6.45, 7) is 0. The smallest absolute Gasteiger partial charge is 0.223 e. The number of halogens is 1. The number of hydrogen-bond acceptors (Lipinski definition) is 4. The van der Waals surface area contributed by atoms with Crippen molar-refractivity contribution in [3.05, 3.63) is 53.5 Å². The highest BCUT2D eigenvalue weighted by Crippen LogP contribution is 2.24. The van der Waals surface area contributed by atoms with Crippen LogP contribution in [0.3, 0.4) is 0 Å². The third kappa shape index (κ3) is 2.31. The molecular formula is C13H8BrN3O. The van der Waals surface area contributed by atoms with Crippen LogP contribution in [0.25, 0.3) is 10.9 Å². The van der Waals surface area contributed by atoms with E-state index in [1.807, 2.05) is 30.3 Å². The first-order chi connectivity index (χ1) is 8.81. The topological polar surface area (TPSA) is 47.9 Å². The van der Waals surface area contributed by atoms with Crippen molar-refractivity contribution in [3.63, 3.8) is 0 Å². The quantitative estimate of drug-likeness (QED) is 0.679. The average molecular weight is 302 g/mol. The Morgan fingerprint density at radius 2 is 1.94 bits per heavy atom. The predicted octanol–water partition coefficient (Wildman–Crippen LogP) is 3.58. The molecule has 0 N–H and O–H groups in total. The Bertz CT molecular complexity index is 702. The standard InChI is InChI=1S/C13H8BrN3O/c14-12-7-13(17-8-16-12)18-10-4-3-9-2-1-5-15-11(9)6-10/h1-8H. The summed E-state index contributed by atoms with van der Waals surface area (Å²) in [7, 11) is 0. The van der Waals surface area contributed by atoms with Crippen molar-refractivity contribution in [1.82, 2.24) is 15.0 Å². The van der Waals surface area contributed by atoms with Crippen molar-refractivity contribution in [1.29, 1.82) is 0 Å². The van der Waals surface area contributed by atoms with E-state index in [4.69, 9.17) is 4.74 Å². The first-order valence-electron chi connectivity index (χ1n) is 5.31. The van der Waals surface area contributed by atoms with Crippen LogP contribution in [0.5, 0.6) is 11.6 Å². The monoisotopic (exact) mass is 301 g/mol. The molecule has 0 amide bonds. The molecule has 0 radical (unpaired) electrons. The molecule has 1 aromatic carbocycles. The van der Waals surface area contributed by atoms with Gasteiger partial charge in [-0.1, -0.05) is 6.07 Å². The fraction of sp³-hybridized carbons (Fsp3) is 0. The Morgan fingerprint density at radius 3 is 2.83 bits per heavy atom. The summed E-state index contributed by atoms with van der Waals surface area (Å²) in [6.07, 6.45) is 3.20. The van der Waals surface area contributed by atoms with Gasteiger partial charge in [0.1, 0.15) is 16.7 Å². The summed E-state index contributed by atoms with van der Waals surface area (Å²) in [4.78, 5) is 12.3. The maximum atomic E-state index is 5.65. The molecule has 3 aromatic rings. The lowest BCUT2D eigenvalue weighted by molar-refractivity contribution is 0.461. The third-order valence-corrected chi connectivity index (χ3v) is 2.84. The highest BCUT2D eigenvalue weighted by atomic mass is 79.9. The van der Waals surface area contributed by atoms with Crippen molar-refractivity contribution in [2.45, 2.75) is 0 Å². The molecule has 0 atom stereocenters. The molecule has 0 saturated heterocycles. The molecule has 4 nitrogen and oxygen atoms in total. The first-order valence-corrected chi connectivity index (χ1v) is 6.11. The van der Waals surface area contributed by atoms with Gasteiger partial charge in [0.2, 0.25) is 5.88 Å². The second-order valence-corrected chi connectivity index (χ2v) is 4.45. The van der Waals surface area contributed by atoms with Gasteiger partial charge in [0.15, 0.2) is 0 Å². The summed E-state index contributed by atoms with van der Waals surface area (Å²) >= 11 is 3.27. The summed E-state index contributed by atoms with van der Waals surface area (Å²) in [6, 6.07) is 11.4. The van der Waals surface area contributed by atoms with Crippen molar-refractivity contribution in [2.24, 2.45) is 0 Å². The zero-order valence-corrected chi connectivity index (χ0v) is 10.8. The van der Waals surface area contributed by atoms with Crippen molar-refractivity contribution < 1.29 is 4.74 Å². The third-order valence-electron chi connectivity index (χ3n) is 2.41. The lowest BCUT2D eigenvalue weighted by Gasteiger charge is -2.05. The van der Waals surface area contributed by atoms with Crippen LogP contribution in [0.4, 0.5) is 0 Å². The van der Waals surface area contributed by atoms with Crippen LogP contribution in [0, 0.1) is 0 Å². The van der Waals surface area contributed by atoms with Crippen LogP contribution >= 0.6 is 15.9 Å². The van der Waals surface area contributed by atoms with Gasteiger partial charge in [-0.05, 0) is 34.1 Å². The molecule has 0 saturated carbocycles. The summed E-state index contributed by atoms with van der Waals surface area (Å²) in [5.41, 5.74) is 0.892. The van der Waals surface area contributed by atoms with E-state index in [0.717, 1.165) is 10.9 Å². The molecular weight excluding hydrogens is 294 g/mol. The van der Waals surface area contributed by atoms with Gasteiger partial charge >= 0.3 is 0 Å². The highest BCUT2D eigenvalue weighted by molar-refractivity contribution is 9.10. The molecule has 0 aliphatic carbocycles. The van der Waals surface area contributed by atoms with Crippen LogP contribution < -0.4 is 4.74 Å². The number of benzene rings is 1. The molecule has 18 heavy (non-hydrogen) atoms. The Labute approximate surface area is 112 Å².